The normalized spacial score (nSPS) is 9.95. The van der Waals surface area contributed by atoms with Crippen LogP contribution < -0.4 is 5.32 Å². The minimum atomic E-state index is -0.491. The standard InChI is InChI=1S/C12H15ClFN3OS/c1-16(2)11(18)7-17(3)12(19)15-8-4-5-10(14)9(13)6-8/h4-6H,7H2,1-3H3,(H,15,19). The van der Waals surface area contributed by atoms with Crippen molar-refractivity contribution in [3.8, 4) is 0 Å². The van der Waals surface area contributed by atoms with E-state index >= 15 is 0 Å². The predicted octanol–water partition coefficient (Wildman–Crippen LogP) is 2.20. The highest BCUT2D eigenvalue weighted by atomic mass is 35.5. The van der Waals surface area contributed by atoms with Gasteiger partial charge in [-0.1, -0.05) is 11.6 Å². The Labute approximate surface area is 122 Å². The lowest BCUT2D eigenvalue weighted by molar-refractivity contribution is -0.128. The second-order valence-corrected chi connectivity index (χ2v) is 5.00. The van der Waals surface area contributed by atoms with E-state index in [-0.39, 0.29) is 17.5 Å². The molecule has 1 amide bonds. The Kier molecular flexibility index (Phi) is 5.50. The average Bonchev–Trinajstić information content (AvgIpc) is 2.33. The zero-order valence-electron chi connectivity index (χ0n) is 10.9. The van der Waals surface area contributed by atoms with E-state index in [1.54, 1.807) is 26.0 Å². The average molecular weight is 304 g/mol. The summed E-state index contributed by atoms with van der Waals surface area (Å²) in [5.74, 6) is -0.557. The second kappa shape index (κ2) is 6.68. The SMILES string of the molecule is CN(C)C(=O)CN(C)C(=S)Nc1ccc(F)c(Cl)c1. The van der Waals surface area contributed by atoms with Crippen molar-refractivity contribution < 1.29 is 9.18 Å². The largest absolute Gasteiger partial charge is 0.347 e. The Hall–Kier alpha value is -1.40. The van der Waals surface area contributed by atoms with E-state index in [4.69, 9.17) is 23.8 Å². The van der Waals surface area contributed by atoms with Crippen molar-refractivity contribution in [2.45, 2.75) is 0 Å². The number of benzene rings is 1. The molecule has 7 heteroatoms. The molecular formula is C12H15ClFN3OS. The minimum Gasteiger partial charge on any atom is -0.347 e. The Bertz CT molecular complexity index is 496. The number of hydrogen-bond donors (Lipinski definition) is 1. The number of nitrogens with one attached hydrogen (secondary N) is 1. The van der Waals surface area contributed by atoms with Crippen LogP contribution in [0.1, 0.15) is 0 Å². The van der Waals surface area contributed by atoms with Gasteiger partial charge in [0.2, 0.25) is 5.91 Å². The van der Waals surface area contributed by atoms with Crippen molar-refractivity contribution in [3.05, 3.63) is 29.0 Å². The number of thiocarbonyl (C=S) groups is 1. The van der Waals surface area contributed by atoms with E-state index in [2.05, 4.69) is 5.32 Å². The molecule has 104 valence electrons. The lowest BCUT2D eigenvalue weighted by Gasteiger charge is -2.22. The van der Waals surface area contributed by atoms with Crippen molar-refractivity contribution in [2.75, 3.05) is 33.0 Å². The fraction of sp³-hybridized carbons (Fsp3) is 0.333. The Morgan fingerprint density at radius 3 is 2.58 bits per heavy atom. The summed E-state index contributed by atoms with van der Waals surface area (Å²) >= 11 is 10.8. The second-order valence-electron chi connectivity index (χ2n) is 4.20. The monoisotopic (exact) mass is 303 g/mol. The first-order valence-corrected chi connectivity index (χ1v) is 6.27. The van der Waals surface area contributed by atoms with Gasteiger partial charge in [0.05, 0.1) is 11.6 Å². The van der Waals surface area contributed by atoms with Gasteiger partial charge in [-0.25, -0.2) is 4.39 Å². The van der Waals surface area contributed by atoms with E-state index in [9.17, 15) is 9.18 Å². The minimum absolute atomic E-state index is 0.0137. The van der Waals surface area contributed by atoms with Gasteiger partial charge in [0.1, 0.15) is 5.82 Å². The molecule has 0 atom stereocenters. The van der Waals surface area contributed by atoms with Crippen LogP contribution in [-0.2, 0) is 4.79 Å². The predicted molar refractivity (Wildman–Crippen MR) is 79.0 cm³/mol. The molecule has 19 heavy (non-hydrogen) atoms. The number of nitrogens with zero attached hydrogens (tertiary/aromatic N) is 2. The molecule has 0 bridgehead atoms. The third-order valence-corrected chi connectivity index (χ3v) is 3.09. The van der Waals surface area contributed by atoms with E-state index in [1.807, 2.05) is 0 Å². The van der Waals surface area contributed by atoms with Crippen LogP contribution in [-0.4, -0.2) is 48.5 Å². The first-order valence-electron chi connectivity index (χ1n) is 5.48. The molecule has 0 spiro atoms. The number of rotatable bonds is 3. The maximum Gasteiger partial charge on any atom is 0.241 e. The zero-order chi connectivity index (χ0) is 14.6. The molecule has 0 heterocycles. The summed E-state index contributed by atoms with van der Waals surface area (Å²) < 4.78 is 13.0. The zero-order valence-corrected chi connectivity index (χ0v) is 12.5. The molecule has 1 N–H and O–H groups in total. The smallest absolute Gasteiger partial charge is 0.241 e. The van der Waals surface area contributed by atoms with Gasteiger partial charge in [0.25, 0.3) is 0 Å². The third-order valence-electron chi connectivity index (χ3n) is 2.39. The summed E-state index contributed by atoms with van der Waals surface area (Å²) in [7, 11) is 5.04. The van der Waals surface area contributed by atoms with Gasteiger partial charge in [-0.05, 0) is 30.4 Å². The molecule has 0 radical (unpaired) electrons. The van der Waals surface area contributed by atoms with Crippen molar-refractivity contribution in [2.24, 2.45) is 0 Å². The summed E-state index contributed by atoms with van der Waals surface area (Å²) in [5, 5.41) is 3.26. The molecule has 0 saturated heterocycles. The molecule has 0 fully saturated rings. The van der Waals surface area contributed by atoms with Crippen LogP contribution in [0.2, 0.25) is 5.02 Å². The van der Waals surface area contributed by atoms with Crippen LogP contribution >= 0.6 is 23.8 Å². The van der Waals surface area contributed by atoms with Crippen molar-refractivity contribution in [1.29, 1.82) is 0 Å². The maximum absolute atomic E-state index is 13.0. The first-order chi connectivity index (χ1) is 8.81. The number of carbonyl (C=O) groups is 1. The Morgan fingerprint density at radius 2 is 2.05 bits per heavy atom. The first kappa shape index (κ1) is 15.7. The molecule has 1 aromatic rings. The quantitative estimate of drug-likeness (QED) is 0.868. The molecule has 4 nitrogen and oxygen atoms in total. The molecular weight excluding hydrogens is 289 g/mol. The number of likely N-dealkylation sites (N-methyl/N-ethyl adjacent to an activating group) is 2. The summed E-state index contributed by atoms with van der Waals surface area (Å²) in [4.78, 5) is 14.6. The van der Waals surface area contributed by atoms with E-state index in [0.29, 0.717) is 10.8 Å². The van der Waals surface area contributed by atoms with E-state index in [0.717, 1.165) is 0 Å². The summed E-state index contributed by atoms with van der Waals surface area (Å²) in [6.45, 7) is 0.160. The van der Waals surface area contributed by atoms with Gasteiger partial charge in [0, 0.05) is 26.8 Å². The Morgan fingerprint density at radius 1 is 1.42 bits per heavy atom. The van der Waals surface area contributed by atoms with Crippen LogP contribution in [0.3, 0.4) is 0 Å². The number of amides is 1. The molecule has 0 aliphatic carbocycles. The molecule has 1 aromatic carbocycles. The van der Waals surface area contributed by atoms with Gasteiger partial charge in [-0.2, -0.15) is 0 Å². The number of hydrogen-bond acceptors (Lipinski definition) is 2. The van der Waals surface area contributed by atoms with Gasteiger partial charge in [-0.15, -0.1) is 0 Å². The molecule has 0 aliphatic heterocycles. The lowest BCUT2D eigenvalue weighted by atomic mass is 10.3. The molecule has 0 aliphatic rings. The number of anilines is 1. The van der Waals surface area contributed by atoms with Crippen LogP contribution in [0.15, 0.2) is 18.2 Å². The number of carbonyl (C=O) groups excluding carboxylic acids is 1. The van der Waals surface area contributed by atoms with E-state index in [1.165, 1.54) is 23.1 Å². The fourth-order valence-corrected chi connectivity index (χ4v) is 1.57. The van der Waals surface area contributed by atoms with Crippen LogP contribution in [0.5, 0.6) is 0 Å². The van der Waals surface area contributed by atoms with Crippen molar-refractivity contribution in [3.63, 3.8) is 0 Å². The van der Waals surface area contributed by atoms with Gasteiger partial charge in [-0.3, -0.25) is 4.79 Å². The van der Waals surface area contributed by atoms with Crippen molar-refractivity contribution in [1.82, 2.24) is 9.80 Å². The van der Waals surface area contributed by atoms with Crippen molar-refractivity contribution >= 4 is 40.5 Å². The van der Waals surface area contributed by atoms with Gasteiger partial charge in [0.15, 0.2) is 5.11 Å². The summed E-state index contributed by atoms with van der Waals surface area (Å²) in [5.41, 5.74) is 0.570. The van der Waals surface area contributed by atoms with Gasteiger partial charge < -0.3 is 15.1 Å². The molecule has 0 aromatic heterocycles. The third kappa shape index (κ3) is 4.65. The molecule has 0 unspecified atom stereocenters. The maximum atomic E-state index is 13.0. The number of halogens is 2. The summed E-state index contributed by atoms with van der Waals surface area (Å²) in [6, 6.07) is 4.21. The highest BCUT2D eigenvalue weighted by Gasteiger charge is 2.11. The van der Waals surface area contributed by atoms with Crippen LogP contribution in [0.4, 0.5) is 10.1 Å². The van der Waals surface area contributed by atoms with E-state index < -0.39 is 5.82 Å². The highest BCUT2D eigenvalue weighted by molar-refractivity contribution is 7.80. The highest BCUT2D eigenvalue weighted by Crippen LogP contribution is 2.19. The lowest BCUT2D eigenvalue weighted by Crippen LogP contribution is -2.39. The summed E-state index contributed by atoms with van der Waals surface area (Å²) in [6.07, 6.45) is 0. The fourth-order valence-electron chi connectivity index (χ4n) is 1.21. The molecule has 0 saturated carbocycles. The van der Waals surface area contributed by atoms with Crippen LogP contribution in [0.25, 0.3) is 0 Å². The molecule has 1 rings (SSSR count). The topological polar surface area (TPSA) is 35.6 Å². The van der Waals surface area contributed by atoms with Gasteiger partial charge >= 0.3 is 0 Å². The van der Waals surface area contributed by atoms with Crippen LogP contribution in [0, 0.1) is 5.82 Å². The Balaban J connectivity index is 2.63.